The third-order valence-electron chi connectivity index (χ3n) is 3.76. The molecule has 1 unspecified atom stereocenters. The van der Waals surface area contributed by atoms with Crippen LogP contribution >= 0.6 is 0 Å². The van der Waals surface area contributed by atoms with Gasteiger partial charge in [0.25, 0.3) is 0 Å². The predicted octanol–water partition coefficient (Wildman–Crippen LogP) is 2.97. The van der Waals surface area contributed by atoms with Gasteiger partial charge in [-0.2, -0.15) is 0 Å². The molecule has 1 saturated carbocycles. The minimum Gasteiger partial charge on any atom is -0.383 e. The van der Waals surface area contributed by atoms with Crippen molar-refractivity contribution in [3.05, 3.63) is 0 Å². The molecule has 90 valence electrons. The summed E-state index contributed by atoms with van der Waals surface area (Å²) in [6, 6.07) is 1.30. The third-order valence-corrected chi connectivity index (χ3v) is 3.76. The topological polar surface area (TPSA) is 21.3 Å². The number of hydrogen-bond donors (Lipinski definition) is 1. The van der Waals surface area contributed by atoms with Gasteiger partial charge in [-0.15, -0.1) is 0 Å². The van der Waals surface area contributed by atoms with Crippen LogP contribution in [0.1, 0.15) is 52.4 Å². The van der Waals surface area contributed by atoms with E-state index in [1.807, 2.05) is 0 Å². The molecule has 0 spiro atoms. The molecule has 1 fully saturated rings. The van der Waals surface area contributed by atoms with Crippen LogP contribution in [-0.2, 0) is 4.74 Å². The molecule has 0 amide bonds. The minimum atomic E-state index is 0.554. The molecule has 0 aliphatic heterocycles. The number of methoxy groups -OCH3 is 1. The van der Waals surface area contributed by atoms with Gasteiger partial charge in [0, 0.05) is 19.2 Å². The Labute approximate surface area is 94.8 Å². The smallest absolute Gasteiger partial charge is 0.0615 e. The molecule has 0 saturated heterocycles. The Morgan fingerprint density at radius 3 is 2.33 bits per heavy atom. The van der Waals surface area contributed by atoms with Crippen molar-refractivity contribution in [2.45, 2.75) is 64.5 Å². The van der Waals surface area contributed by atoms with Crippen LogP contribution in [0.3, 0.4) is 0 Å². The molecule has 2 heteroatoms. The van der Waals surface area contributed by atoms with Gasteiger partial charge in [-0.25, -0.2) is 0 Å². The van der Waals surface area contributed by atoms with Gasteiger partial charge in [-0.3, -0.25) is 0 Å². The SMILES string of the molecule is CCC1CCC(NC(CC)COC)CC1. The summed E-state index contributed by atoms with van der Waals surface area (Å²) >= 11 is 0. The summed E-state index contributed by atoms with van der Waals surface area (Å²) in [5.41, 5.74) is 0. The summed E-state index contributed by atoms with van der Waals surface area (Å²) in [6.45, 7) is 5.40. The van der Waals surface area contributed by atoms with Crippen LogP contribution in [0.2, 0.25) is 0 Å². The van der Waals surface area contributed by atoms with Gasteiger partial charge in [0.05, 0.1) is 6.61 Å². The first kappa shape index (κ1) is 13.0. The van der Waals surface area contributed by atoms with Gasteiger partial charge in [-0.1, -0.05) is 20.3 Å². The first-order valence-electron chi connectivity index (χ1n) is 6.55. The van der Waals surface area contributed by atoms with Gasteiger partial charge in [0.15, 0.2) is 0 Å². The molecule has 0 aromatic heterocycles. The first-order chi connectivity index (χ1) is 7.30. The molecule has 1 atom stereocenters. The number of ether oxygens (including phenoxy) is 1. The largest absolute Gasteiger partial charge is 0.383 e. The number of nitrogens with one attached hydrogen (secondary N) is 1. The highest BCUT2D eigenvalue weighted by Gasteiger charge is 2.21. The van der Waals surface area contributed by atoms with E-state index in [4.69, 9.17) is 4.74 Å². The normalized spacial score (nSPS) is 29.0. The maximum absolute atomic E-state index is 5.22. The number of rotatable bonds is 6. The van der Waals surface area contributed by atoms with Crippen molar-refractivity contribution >= 4 is 0 Å². The second kappa shape index (κ2) is 7.24. The summed E-state index contributed by atoms with van der Waals surface area (Å²) in [4.78, 5) is 0. The lowest BCUT2D eigenvalue weighted by molar-refractivity contribution is 0.149. The Bertz CT molecular complexity index is 153. The van der Waals surface area contributed by atoms with Crippen molar-refractivity contribution in [2.24, 2.45) is 5.92 Å². The lowest BCUT2D eigenvalue weighted by Gasteiger charge is -2.31. The maximum Gasteiger partial charge on any atom is 0.0615 e. The van der Waals surface area contributed by atoms with E-state index in [1.54, 1.807) is 7.11 Å². The maximum atomic E-state index is 5.22. The van der Waals surface area contributed by atoms with Gasteiger partial charge < -0.3 is 10.1 Å². The van der Waals surface area contributed by atoms with Gasteiger partial charge >= 0.3 is 0 Å². The fourth-order valence-corrected chi connectivity index (χ4v) is 2.56. The molecule has 0 aromatic rings. The molecule has 0 radical (unpaired) electrons. The monoisotopic (exact) mass is 213 g/mol. The van der Waals surface area contributed by atoms with Crippen LogP contribution in [0, 0.1) is 5.92 Å². The van der Waals surface area contributed by atoms with Crippen LogP contribution in [0.5, 0.6) is 0 Å². The summed E-state index contributed by atoms with van der Waals surface area (Å²) in [5, 5.41) is 3.73. The summed E-state index contributed by atoms with van der Waals surface area (Å²) in [5.74, 6) is 0.991. The Hall–Kier alpha value is -0.0800. The molecule has 0 heterocycles. The van der Waals surface area contributed by atoms with E-state index in [2.05, 4.69) is 19.2 Å². The van der Waals surface area contributed by atoms with Crippen molar-refractivity contribution in [3.8, 4) is 0 Å². The second-order valence-corrected chi connectivity index (χ2v) is 4.85. The van der Waals surface area contributed by atoms with Gasteiger partial charge in [0.2, 0.25) is 0 Å². The molecular formula is C13H27NO. The zero-order valence-corrected chi connectivity index (χ0v) is 10.6. The molecular weight excluding hydrogens is 186 g/mol. The van der Waals surface area contributed by atoms with E-state index in [9.17, 15) is 0 Å². The highest BCUT2D eigenvalue weighted by Crippen LogP contribution is 2.26. The Kier molecular flexibility index (Phi) is 6.26. The van der Waals surface area contributed by atoms with E-state index < -0.39 is 0 Å². The molecule has 0 bridgehead atoms. The average molecular weight is 213 g/mol. The van der Waals surface area contributed by atoms with Crippen molar-refractivity contribution in [1.82, 2.24) is 5.32 Å². The van der Waals surface area contributed by atoms with E-state index in [-0.39, 0.29) is 0 Å². The highest BCUT2D eigenvalue weighted by atomic mass is 16.5. The predicted molar refractivity (Wildman–Crippen MR) is 65.1 cm³/mol. The van der Waals surface area contributed by atoms with E-state index in [0.717, 1.165) is 18.6 Å². The fourth-order valence-electron chi connectivity index (χ4n) is 2.56. The Balaban J connectivity index is 2.21. The molecule has 1 rings (SSSR count). The Morgan fingerprint density at radius 2 is 1.87 bits per heavy atom. The lowest BCUT2D eigenvalue weighted by Crippen LogP contribution is -2.42. The zero-order valence-electron chi connectivity index (χ0n) is 10.6. The molecule has 1 N–H and O–H groups in total. The van der Waals surface area contributed by atoms with Crippen molar-refractivity contribution < 1.29 is 4.74 Å². The average Bonchev–Trinajstić information content (AvgIpc) is 2.29. The van der Waals surface area contributed by atoms with Crippen LogP contribution in [0.4, 0.5) is 0 Å². The third kappa shape index (κ3) is 4.52. The first-order valence-corrected chi connectivity index (χ1v) is 6.55. The zero-order chi connectivity index (χ0) is 11.1. The fraction of sp³-hybridized carbons (Fsp3) is 1.00. The van der Waals surface area contributed by atoms with Crippen molar-refractivity contribution in [3.63, 3.8) is 0 Å². The quantitative estimate of drug-likeness (QED) is 0.732. The van der Waals surface area contributed by atoms with Crippen LogP contribution in [0.15, 0.2) is 0 Å². The standard InChI is InChI=1S/C13H27NO/c1-4-11-6-8-13(9-7-11)14-12(5-2)10-15-3/h11-14H,4-10H2,1-3H3. The van der Waals surface area contributed by atoms with Crippen LogP contribution in [-0.4, -0.2) is 25.8 Å². The summed E-state index contributed by atoms with van der Waals surface area (Å²) in [6.07, 6.45) is 8.08. The van der Waals surface area contributed by atoms with Gasteiger partial charge in [0.1, 0.15) is 0 Å². The number of hydrogen-bond acceptors (Lipinski definition) is 2. The molecule has 1 aliphatic carbocycles. The lowest BCUT2D eigenvalue weighted by atomic mass is 9.84. The molecule has 2 nitrogen and oxygen atoms in total. The van der Waals surface area contributed by atoms with Crippen LogP contribution in [0.25, 0.3) is 0 Å². The van der Waals surface area contributed by atoms with Crippen molar-refractivity contribution in [1.29, 1.82) is 0 Å². The van der Waals surface area contributed by atoms with Crippen LogP contribution < -0.4 is 5.32 Å². The van der Waals surface area contributed by atoms with E-state index in [0.29, 0.717) is 6.04 Å². The molecule has 0 aromatic carbocycles. The van der Waals surface area contributed by atoms with Crippen molar-refractivity contribution in [2.75, 3.05) is 13.7 Å². The summed E-state index contributed by atoms with van der Waals surface area (Å²) < 4.78 is 5.22. The summed E-state index contributed by atoms with van der Waals surface area (Å²) in [7, 11) is 1.79. The minimum absolute atomic E-state index is 0.554. The van der Waals surface area contributed by atoms with E-state index >= 15 is 0 Å². The Morgan fingerprint density at radius 1 is 1.20 bits per heavy atom. The van der Waals surface area contributed by atoms with Gasteiger partial charge in [-0.05, 0) is 38.0 Å². The highest BCUT2D eigenvalue weighted by molar-refractivity contribution is 4.79. The van der Waals surface area contributed by atoms with E-state index in [1.165, 1.54) is 38.5 Å². The second-order valence-electron chi connectivity index (χ2n) is 4.85. The molecule has 15 heavy (non-hydrogen) atoms. The molecule has 1 aliphatic rings.